The summed E-state index contributed by atoms with van der Waals surface area (Å²) in [5.41, 5.74) is 7.80. The van der Waals surface area contributed by atoms with Gasteiger partial charge in [-0.3, -0.25) is 14.5 Å². The Bertz CT molecular complexity index is 1240. The van der Waals surface area contributed by atoms with Crippen molar-refractivity contribution in [1.29, 1.82) is 0 Å². The summed E-state index contributed by atoms with van der Waals surface area (Å²) in [6.45, 7) is 0.358. The molecule has 32 heavy (non-hydrogen) atoms. The smallest absolute Gasteiger partial charge is 0.270 e. The van der Waals surface area contributed by atoms with E-state index in [1.165, 1.54) is 16.7 Å². The Balaban J connectivity index is 1.50. The monoisotopic (exact) mass is 480 g/mol. The summed E-state index contributed by atoms with van der Waals surface area (Å²) in [5, 5.41) is 0.657. The predicted octanol–water partition coefficient (Wildman–Crippen LogP) is 5.42. The summed E-state index contributed by atoms with van der Waals surface area (Å²) in [5.74, 6) is -0.233. The van der Waals surface area contributed by atoms with Crippen molar-refractivity contribution in [2.24, 2.45) is 5.73 Å². The Morgan fingerprint density at radius 3 is 2.47 bits per heavy atom. The lowest BCUT2D eigenvalue weighted by atomic mass is 10.1. The first-order chi connectivity index (χ1) is 15.4. The van der Waals surface area contributed by atoms with E-state index in [2.05, 4.69) is 0 Å². The summed E-state index contributed by atoms with van der Waals surface area (Å²) in [7, 11) is 0. The molecule has 0 aromatic heterocycles. The van der Waals surface area contributed by atoms with Crippen LogP contribution >= 0.6 is 35.6 Å². The molecule has 0 spiro atoms. The molecule has 0 aliphatic carbocycles. The molecule has 160 valence electrons. The van der Waals surface area contributed by atoms with Crippen molar-refractivity contribution in [1.82, 2.24) is 0 Å². The quantitative estimate of drug-likeness (QED) is 0.376. The van der Waals surface area contributed by atoms with E-state index in [0.29, 0.717) is 32.3 Å². The van der Waals surface area contributed by atoms with Gasteiger partial charge >= 0.3 is 0 Å². The Morgan fingerprint density at radius 2 is 1.75 bits per heavy atom. The van der Waals surface area contributed by atoms with Gasteiger partial charge in [0.05, 0.1) is 16.2 Å². The third kappa shape index (κ3) is 4.70. The lowest BCUT2D eigenvalue weighted by Gasteiger charge is -2.17. The lowest BCUT2D eigenvalue weighted by Crippen LogP contribution is -2.30. The highest BCUT2D eigenvalue weighted by atomic mass is 35.5. The zero-order valence-corrected chi connectivity index (χ0v) is 19.0. The van der Waals surface area contributed by atoms with E-state index in [9.17, 15) is 9.59 Å². The molecule has 2 amide bonds. The van der Waals surface area contributed by atoms with Gasteiger partial charge in [0.2, 0.25) is 0 Å². The zero-order valence-electron chi connectivity index (χ0n) is 16.7. The molecule has 8 heteroatoms. The number of ether oxygens (including phenoxy) is 1. The van der Waals surface area contributed by atoms with E-state index in [-0.39, 0.29) is 11.5 Å². The summed E-state index contributed by atoms with van der Waals surface area (Å²) >= 11 is 12.7. The van der Waals surface area contributed by atoms with Gasteiger partial charge in [-0.05, 0) is 42.0 Å². The van der Waals surface area contributed by atoms with Gasteiger partial charge in [-0.1, -0.05) is 78.0 Å². The number of rotatable bonds is 6. The van der Waals surface area contributed by atoms with Crippen LogP contribution in [0.4, 0.5) is 5.69 Å². The number of primary amides is 1. The molecule has 0 unspecified atom stereocenters. The largest absolute Gasteiger partial charge is 0.489 e. The first-order valence-electron chi connectivity index (χ1n) is 9.57. The topological polar surface area (TPSA) is 72.6 Å². The lowest BCUT2D eigenvalue weighted by molar-refractivity contribution is -0.113. The molecule has 1 heterocycles. The SMILES string of the molecule is NC(=O)c1ccccc1N1C(=O)/C(=C/c2ccc(OCc3ccccc3Cl)cc2)SC1=S. The maximum atomic E-state index is 13.0. The second-order valence-electron chi connectivity index (χ2n) is 6.85. The molecule has 1 saturated heterocycles. The van der Waals surface area contributed by atoms with Crippen LogP contribution in [-0.2, 0) is 11.4 Å². The molecule has 0 bridgehead atoms. The average molecular weight is 481 g/mol. The van der Waals surface area contributed by atoms with Gasteiger partial charge in [-0.2, -0.15) is 0 Å². The molecule has 1 aliphatic rings. The second-order valence-corrected chi connectivity index (χ2v) is 8.93. The average Bonchev–Trinajstić information content (AvgIpc) is 3.06. The number of hydrogen-bond acceptors (Lipinski definition) is 5. The number of thiocarbonyl (C=S) groups is 1. The van der Waals surface area contributed by atoms with Crippen LogP contribution < -0.4 is 15.4 Å². The number of para-hydroxylation sites is 1. The van der Waals surface area contributed by atoms with Crippen molar-refractivity contribution in [2.75, 3.05) is 4.90 Å². The minimum atomic E-state index is -0.619. The van der Waals surface area contributed by atoms with Gasteiger partial charge in [-0.15, -0.1) is 0 Å². The minimum Gasteiger partial charge on any atom is -0.489 e. The third-order valence-electron chi connectivity index (χ3n) is 4.73. The number of thioether (sulfide) groups is 1. The molecule has 5 nitrogen and oxygen atoms in total. The van der Waals surface area contributed by atoms with E-state index >= 15 is 0 Å². The van der Waals surface area contributed by atoms with Crippen molar-refractivity contribution in [3.8, 4) is 5.75 Å². The highest BCUT2D eigenvalue weighted by Crippen LogP contribution is 2.37. The molecule has 4 rings (SSSR count). The minimum absolute atomic E-state index is 0.241. The number of halogens is 1. The molecular formula is C24H17ClN2O3S2. The molecule has 0 radical (unpaired) electrons. The molecule has 1 aliphatic heterocycles. The fourth-order valence-electron chi connectivity index (χ4n) is 3.14. The molecule has 0 saturated carbocycles. The summed E-state index contributed by atoms with van der Waals surface area (Å²) in [4.78, 5) is 26.6. The number of carbonyl (C=O) groups is 2. The third-order valence-corrected chi connectivity index (χ3v) is 6.41. The van der Waals surface area contributed by atoms with Crippen molar-refractivity contribution in [3.05, 3.63) is 99.4 Å². The Hall–Kier alpha value is -3.13. The number of carbonyl (C=O) groups excluding carboxylic acids is 2. The molecule has 1 fully saturated rings. The van der Waals surface area contributed by atoms with Crippen LogP contribution in [0.15, 0.2) is 77.7 Å². The fourth-order valence-corrected chi connectivity index (χ4v) is 4.62. The maximum Gasteiger partial charge on any atom is 0.270 e. The first-order valence-corrected chi connectivity index (χ1v) is 11.2. The number of benzene rings is 3. The Labute approximate surface area is 199 Å². The van der Waals surface area contributed by atoms with Crippen molar-refractivity contribution in [2.45, 2.75) is 6.61 Å². The number of anilines is 1. The molecule has 3 aromatic rings. The fraction of sp³-hybridized carbons (Fsp3) is 0.0417. The number of nitrogens with two attached hydrogens (primary N) is 1. The zero-order chi connectivity index (χ0) is 22.7. The van der Waals surface area contributed by atoms with Gasteiger partial charge in [0.15, 0.2) is 4.32 Å². The molecule has 0 atom stereocenters. The number of amides is 2. The van der Waals surface area contributed by atoms with Gasteiger partial charge < -0.3 is 10.5 Å². The van der Waals surface area contributed by atoms with Crippen LogP contribution in [0.1, 0.15) is 21.5 Å². The number of nitrogens with zero attached hydrogens (tertiary/aromatic N) is 1. The molecule has 3 aromatic carbocycles. The predicted molar refractivity (Wildman–Crippen MR) is 133 cm³/mol. The van der Waals surface area contributed by atoms with Crippen LogP contribution in [0.5, 0.6) is 5.75 Å². The highest BCUT2D eigenvalue weighted by Gasteiger charge is 2.35. The Morgan fingerprint density at radius 1 is 1.06 bits per heavy atom. The van der Waals surface area contributed by atoms with E-state index in [4.69, 9.17) is 34.3 Å². The van der Waals surface area contributed by atoms with Gasteiger partial charge in [0.25, 0.3) is 11.8 Å². The van der Waals surface area contributed by atoms with Crippen molar-refractivity contribution in [3.63, 3.8) is 0 Å². The van der Waals surface area contributed by atoms with E-state index in [1.807, 2.05) is 48.5 Å². The van der Waals surface area contributed by atoms with E-state index < -0.39 is 5.91 Å². The molecule has 2 N–H and O–H groups in total. The van der Waals surface area contributed by atoms with Crippen molar-refractivity contribution < 1.29 is 14.3 Å². The van der Waals surface area contributed by atoms with Crippen molar-refractivity contribution >= 4 is 63.5 Å². The maximum absolute atomic E-state index is 13.0. The van der Waals surface area contributed by atoms with E-state index in [0.717, 1.165) is 11.1 Å². The number of hydrogen-bond donors (Lipinski definition) is 1. The van der Waals surface area contributed by atoms with Gasteiger partial charge in [-0.25, -0.2) is 0 Å². The van der Waals surface area contributed by atoms with Crippen LogP contribution in [0.3, 0.4) is 0 Å². The second kappa shape index (κ2) is 9.56. The van der Waals surface area contributed by atoms with Crippen LogP contribution in [0, 0.1) is 0 Å². The van der Waals surface area contributed by atoms with Crippen LogP contribution in [0.25, 0.3) is 6.08 Å². The first kappa shape index (κ1) is 22.1. The van der Waals surface area contributed by atoms with Crippen LogP contribution in [0.2, 0.25) is 5.02 Å². The summed E-state index contributed by atoms with van der Waals surface area (Å²) < 4.78 is 6.14. The summed E-state index contributed by atoms with van der Waals surface area (Å²) in [6, 6.07) is 21.5. The normalized spacial score (nSPS) is 14.8. The standard InChI is InChI=1S/C24H17ClN2O3S2/c25-19-7-3-1-5-16(19)14-30-17-11-9-15(10-12-17)13-21-23(29)27(24(31)32-21)20-8-4-2-6-18(20)22(26)28/h1-13H,14H2,(H2,26,28)/b21-13-. The van der Waals surface area contributed by atoms with E-state index in [1.54, 1.807) is 30.3 Å². The van der Waals surface area contributed by atoms with Gasteiger partial charge in [0.1, 0.15) is 12.4 Å². The Kier molecular flexibility index (Phi) is 6.60. The molecular weight excluding hydrogens is 464 g/mol. The summed E-state index contributed by atoms with van der Waals surface area (Å²) in [6.07, 6.45) is 1.75. The van der Waals surface area contributed by atoms with Crippen LogP contribution in [-0.4, -0.2) is 16.1 Å². The highest BCUT2D eigenvalue weighted by molar-refractivity contribution is 8.27. The van der Waals surface area contributed by atoms with Gasteiger partial charge in [0, 0.05) is 10.6 Å².